The van der Waals surface area contributed by atoms with Crippen molar-refractivity contribution >= 4 is 39.1 Å². The van der Waals surface area contributed by atoms with Crippen LogP contribution in [0.5, 0.6) is 0 Å². The predicted molar refractivity (Wildman–Crippen MR) is 82.6 cm³/mol. The van der Waals surface area contributed by atoms with Crippen LogP contribution in [-0.2, 0) is 0 Å². The van der Waals surface area contributed by atoms with Crippen molar-refractivity contribution < 1.29 is 4.39 Å². The van der Waals surface area contributed by atoms with Crippen LogP contribution in [0.15, 0.2) is 46.9 Å². The molecule has 0 spiro atoms. The lowest BCUT2D eigenvalue weighted by atomic mass is 9.93. The molecule has 0 heterocycles. The molecule has 0 aromatic heterocycles. The van der Waals surface area contributed by atoms with Crippen LogP contribution in [0.4, 0.5) is 4.39 Å². The van der Waals surface area contributed by atoms with Crippen molar-refractivity contribution in [2.45, 2.75) is 18.2 Å². The summed E-state index contributed by atoms with van der Waals surface area (Å²) >= 11 is 15.6. The average Bonchev–Trinajstić information content (AvgIpc) is 2.42. The van der Waals surface area contributed by atoms with Gasteiger partial charge in [-0.15, -0.1) is 11.6 Å². The smallest absolute Gasteiger partial charge is 0.129 e. The van der Waals surface area contributed by atoms with E-state index in [1.54, 1.807) is 6.07 Å². The van der Waals surface area contributed by atoms with Gasteiger partial charge in [-0.05, 0) is 33.6 Å². The first-order valence-corrected chi connectivity index (χ1v) is 7.45. The second kappa shape index (κ2) is 6.25. The Balaban J connectivity index is 2.34. The molecule has 0 saturated heterocycles. The minimum Gasteiger partial charge on any atom is -0.207 e. The molecule has 2 unspecified atom stereocenters. The van der Waals surface area contributed by atoms with E-state index in [0.29, 0.717) is 15.1 Å². The first-order valence-electron chi connectivity index (χ1n) is 5.84. The predicted octanol–water partition coefficient (Wildman–Crippen LogP) is 6.33. The molecule has 2 aromatic rings. The van der Waals surface area contributed by atoms with Crippen LogP contribution in [0.25, 0.3) is 0 Å². The monoisotopic (exact) mass is 360 g/mol. The summed E-state index contributed by atoms with van der Waals surface area (Å²) in [4.78, 5) is 0. The normalized spacial score (nSPS) is 14.2. The van der Waals surface area contributed by atoms with Crippen LogP contribution in [0.3, 0.4) is 0 Å². The standard InChI is InChI=1S/C15H12BrCl2F/c1-9(10-5-3-2-4-6-10)15(18)11-7-13(17)12(16)8-14(11)19/h2-9,15H,1H3. The zero-order chi connectivity index (χ0) is 14.0. The van der Waals surface area contributed by atoms with E-state index in [1.807, 2.05) is 37.3 Å². The fourth-order valence-corrected chi connectivity index (χ4v) is 2.74. The lowest BCUT2D eigenvalue weighted by Gasteiger charge is -2.20. The molecule has 0 aliphatic heterocycles. The van der Waals surface area contributed by atoms with Gasteiger partial charge in [0.2, 0.25) is 0 Å². The Labute approximate surface area is 130 Å². The molecule has 0 aliphatic rings. The zero-order valence-electron chi connectivity index (χ0n) is 10.2. The summed E-state index contributed by atoms with van der Waals surface area (Å²) in [5.41, 5.74) is 1.49. The minimum atomic E-state index is -0.465. The molecular weight excluding hydrogens is 350 g/mol. The van der Waals surface area contributed by atoms with Crippen molar-refractivity contribution in [1.82, 2.24) is 0 Å². The summed E-state index contributed by atoms with van der Waals surface area (Å²) in [5, 5.41) is -0.00434. The summed E-state index contributed by atoms with van der Waals surface area (Å²) < 4.78 is 14.5. The van der Waals surface area contributed by atoms with E-state index in [1.165, 1.54) is 6.07 Å². The molecule has 0 bridgehead atoms. The highest BCUT2D eigenvalue weighted by molar-refractivity contribution is 9.10. The van der Waals surface area contributed by atoms with Crippen LogP contribution < -0.4 is 0 Å². The number of hydrogen-bond acceptors (Lipinski definition) is 0. The first-order chi connectivity index (χ1) is 9.00. The maximum Gasteiger partial charge on any atom is 0.129 e. The van der Waals surface area contributed by atoms with Crippen molar-refractivity contribution in [3.8, 4) is 0 Å². The van der Waals surface area contributed by atoms with Gasteiger partial charge in [0.1, 0.15) is 5.82 Å². The minimum absolute atomic E-state index is 0.00499. The third kappa shape index (κ3) is 3.31. The van der Waals surface area contributed by atoms with E-state index in [0.717, 1.165) is 5.56 Å². The fourth-order valence-electron chi connectivity index (χ4n) is 1.94. The van der Waals surface area contributed by atoms with Gasteiger partial charge in [-0.1, -0.05) is 48.9 Å². The third-order valence-corrected chi connectivity index (χ3v) is 4.91. The first kappa shape index (κ1) is 14.8. The molecule has 100 valence electrons. The van der Waals surface area contributed by atoms with Crippen molar-refractivity contribution in [1.29, 1.82) is 0 Å². The van der Waals surface area contributed by atoms with Gasteiger partial charge in [-0.3, -0.25) is 0 Å². The number of rotatable bonds is 3. The van der Waals surface area contributed by atoms with E-state index in [-0.39, 0.29) is 11.7 Å². The SMILES string of the molecule is CC(c1ccccc1)C(Cl)c1cc(Cl)c(Br)cc1F. The Morgan fingerprint density at radius 1 is 1.16 bits per heavy atom. The molecule has 0 nitrogen and oxygen atoms in total. The highest BCUT2D eigenvalue weighted by atomic mass is 79.9. The molecule has 2 atom stereocenters. The van der Waals surface area contributed by atoms with Gasteiger partial charge in [0.25, 0.3) is 0 Å². The van der Waals surface area contributed by atoms with Gasteiger partial charge in [-0.2, -0.15) is 0 Å². The highest BCUT2D eigenvalue weighted by Gasteiger charge is 2.22. The number of alkyl halides is 1. The topological polar surface area (TPSA) is 0 Å². The maximum atomic E-state index is 14.0. The van der Waals surface area contributed by atoms with Gasteiger partial charge in [0, 0.05) is 16.0 Å². The molecule has 0 saturated carbocycles. The summed E-state index contributed by atoms with van der Waals surface area (Å²) in [5.74, 6) is -0.353. The Morgan fingerprint density at radius 3 is 2.42 bits per heavy atom. The summed E-state index contributed by atoms with van der Waals surface area (Å²) in [7, 11) is 0. The summed E-state index contributed by atoms with van der Waals surface area (Å²) in [6.45, 7) is 1.97. The second-order valence-corrected chi connectivity index (χ2v) is 6.12. The van der Waals surface area contributed by atoms with Crippen molar-refractivity contribution in [2.24, 2.45) is 0 Å². The molecule has 0 radical (unpaired) electrons. The number of halogens is 4. The molecule has 0 aliphatic carbocycles. The molecule has 4 heteroatoms. The van der Waals surface area contributed by atoms with Crippen LogP contribution in [-0.4, -0.2) is 0 Å². The Bertz CT molecular complexity index is 572. The maximum absolute atomic E-state index is 14.0. The molecule has 0 fully saturated rings. The third-order valence-electron chi connectivity index (χ3n) is 3.10. The lowest BCUT2D eigenvalue weighted by molar-refractivity contribution is 0.591. The Morgan fingerprint density at radius 2 is 1.79 bits per heavy atom. The Kier molecular flexibility index (Phi) is 4.88. The summed E-state index contributed by atoms with van der Waals surface area (Å²) in [6, 6.07) is 12.7. The zero-order valence-corrected chi connectivity index (χ0v) is 13.3. The largest absolute Gasteiger partial charge is 0.207 e. The summed E-state index contributed by atoms with van der Waals surface area (Å²) in [6.07, 6.45) is 0. The molecule has 2 rings (SSSR count). The van der Waals surface area contributed by atoms with E-state index in [2.05, 4.69) is 15.9 Å². The van der Waals surface area contributed by atoms with Crippen molar-refractivity contribution in [3.05, 3.63) is 68.9 Å². The quantitative estimate of drug-likeness (QED) is 0.443. The van der Waals surface area contributed by atoms with E-state index >= 15 is 0 Å². The lowest BCUT2D eigenvalue weighted by Crippen LogP contribution is -2.05. The highest BCUT2D eigenvalue weighted by Crippen LogP contribution is 2.39. The Hall–Kier alpha value is -0.570. The van der Waals surface area contributed by atoms with Crippen molar-refractivity contribution in [3.63, 3.8) is 0 Å². The van der Waals surface area contributed by atoms with Gasteiger partial charge < -0.3 is 0 Å². The van der Waals surface area contributed by atoms with Crippen molar-refractivity contribution in [2.75, 3.05) is 0 Å². The van der Waals surface area contributed by atoms with Crippen LogP contribution in [0, 0.1) is 5.82 Å². The average molecular weight is 362 g/mol. The van der Waals surface area contributed by atoms with Crippen LogP contribution >= 0.6 is 39.1 Å². The molecule has 2 aromatic carbocycles. The second-order valence-electron chi connectivity index (χ2n) is 4.39. The van der Waals surface area contributed by atoms with E-state index < -0.39 is 5.38 Å². The number of benzene rings is 2. The number of hydrogen-bond donors (Lipinski definition) is 0. The van der Waals surface area contributed by atoms with Crippen LogP contribution in [0.2, 0.25) is 5.02 Å². The fraction of sp³-hybridized carbons (Fsp3) is 0.200. The molecule has 0 N–H and O–H groups in total. The van der Waals surface area contributed by atoms with E-state index in [9.17, 15) is 4.39 Å². The molecular formula is C15H12BrCl2F. The molecule has 0 amide bonds. The van der Waals surface area contributed by atoms with Gasteiger partial charge in [0.05, 0.1) is 10.4 Å². The van der Waals surface area contributed by atoms with Gasteiger partial charge in [-0.25, -0.2) is 4.39 Å². The van der Waals surface area contributed by atoms with Crippen LogP contribution in [0.1, 0.15) is 29.3 Å². The van der Waals surface area contributed by atoms with Gasteiger partial charge in [0.15, 0.2) is 0 Å². The molecule has 19 heavy (non-hydrogen) atoms. The van der Waals surface area contributed by atoms with Gasteiger partial charge >= 0.3 is 0 Å². The van der Waals surface area contributed by atoms with E-state index in [4.69, 9.17) is 23.2 Å².